The summed E-state index contributed by atoms with van der Waals surface area (Å²) in [6.45, 7) is 0. The molecular formula is C15H18F3NO. The number of fused-ring (bicyclic) bond motifs is 1. The predicted molar refractivity (Wildman–Crippen MR) is 69.4 cm³/mol. The zero-order chi connectivity index (χ0) is 14.4. The van der Waals surface area contributed by atoms with E-state index in [1.54, 1.807) is 0 Å². The maximum Gasteiger partial charge on any atom is 0.391 e. The third kappa shape index (κ3) is 2.39. The van der Waals surface area contributed by atoms with Gasteiger partial charge in [0.25, 0.3) is 0 Å². The van der Waals surface area contributed by atoms with Crippen LogP contribution in [0.1, 0.15) is 43.7 Å². The highest BCUT2D eigenvalue weighted by molar-refractivity contribution is 5.38. The maximum absolute atomic E-state index is 12.7. The summed E-state index contributed by atoms with van der Waals surface area (Å²) in [6.07, 6.45) is -2.35. The van der Waals surface area contributed by atoms with Crippen molar-refractivity contribution in [3.8, 4) is 5.75 Å². The summed E-state index contributed by atoms with van der Waals surface area (Å²) < 4.78 is 44.3. The monoisotopic (exact) mass is 285 g/mol. The van der Waals surface area contributed by atoms with Gasteiger partial charge in [0.15, 0.2) is 0 Å². The van der Waals surface area contributed by atoms with E-state index in [9.17, 15) is 13.2 Å². The Kier molecular flexibility index (Phi) is 3.20. The highest BCUT2D eigenvalue weighted by atomic mass is 19.4. The zero-order valence-corrected chi connectivity index (χ0v) is 11.1. The number of benzene rings is 1. The summed E-state index contributed by atoms with van der Waals surface area (Å²) in [5, 5.41) is 0. The molecule has 1 aliphatic heterocycles. The number of hydrogen-bond donors (Lipinski definition) is 1. The minimum Gasteiger partial charge on any atom is -0.487 e. The lowest BCUT2D eigenvalue weighted by atomic mass is 9.73. The molecule has 0 unspecified atom stereocenters. The second-order valence-electron chi connectivity index (χ2n) is 5.95. The fourth-order valence-corrected chi connectivity index (χ4v) is 3.44. The third-order valence-corrected chi connectivity index (χ3v) is 4.60. The van der Waals surface area contributed by atoms with Crippen molar-refractivity contribution in [1.29, 1.82) is 0 Å². The molecule has 110 valence electrons. The molecule has 2 nitrogen and oxygen atoms in total. The average Bonchev–Trinajstić information content (AvgIpc) is 2.38. The van der Waals surface area contributed by atoms with Crippen LogP contribution in [0.25, 0.3) is 0 Å². The molecule has 2 aliphatic rings. The van der Waals surface area contributed by atoms with Crippen molar-refractivity contribution in [3.63, 3.8) is 0 Å². The molecule has 1 atom stereocenters. The van der Waals surface area contributed by atoms with Crippen LogP contribution in [-0.4, -0.2) is 11.8 Å². The van der Waals surface area contributed by atoms with Crippen molar-refractivity contribution in [1.82, 2.24) is 0 Å². The summed E-state index contributed by atoms with van der Waals surface area (Å²) in [4.78, 5) is 0. The van der Waals surface area contributed by atoms with Gasteiger partial charge < -0.3 is 10.5 Å². The molecule has 0 radical (unpaired) electrons. The molecule has 1 heterocycles. The van der Waals surface area contributed by atoms with Gasteiger partial charge in [-0.1, -0.05) is 18.2 Å². The van der Waals surface area contributed by atoms with E-state index in [-0.39, 0.29) is 18.9 Å². The average molecular weight is 285 g/mol. The smallest absolute Gasteiger partial charge is 0.391 e. The van der Waals surface area contributed by atoms with Gasteiger partial charge >= 0.3 is 6.18 Å². The standard InChI is InChI=1S/C15H18F3NO/c16-15(17,18)10-5-7-14(8-6-10)9-12(19)11-3-1-2-4-13(11)20-14/h1-4,10,12H,5-9,19H2/t10?,12-,14?/m0/s1. The normalized spacial score (nSPS) is 33.6. The first kappa shape index (κ1) is 13.7. The Balaban J connectivity index is 1.77. The van der Waals surface area contributed by atoms with E-state index in [0.717, 1.165) is 11.3 Å². The van der Waals surface area contributed by atoms with E-state index in [4.69, 9.17) is 10.5 Å². The fourth-order valence-electron chi connectivity index (χ4n) is 3.44. The van der Waals surface area contributed by atoms with Crippen LogP contribution in [0.2, 0.25) is 0 Å². The first-order valence-corrected chi connectivity index (χ1v) is 7.00. The molecule has 1 aromatic carbocycles. The molecular weight excluding hydrogens is 267 g/mol. The van der Waals surface area contributed by atoms with E-state index >= 15 is 0 Å². The second kappa shape index (κ2) is 4.65. The van der Waals surface area contributed by atoms with Gasteiger partial charge in [-0.05, 0) is 31.7 Å². The van der Waals surface area contributed by atoms with Crippen LogP contribution in [-0.2, 0) is 0 Å². The number of halogens is 3. The molecule has 2 N–H and O–H groups in total. The minimum atomic E-state index is -4.09. The van der Waals surface area contributed by atoms with Crippen LogP contribution in [0.3, 0.4) is 0 Å². The maximum atomic E-state index is 12.7. The molecule has 1 saturated carbocycles. The number of ether oxygens (including phenoxy) is 1. The lowest BCUT2D eigenvalue weighted by molar-refractivity contribution is -0.191. The third-order valence-electron chi connectivity index (χ3n) is 4.60. The summed E-state index contributed by atoms with van der Waals surface area (Å²) in [5.41, 5.74) is 6.62. The molecule has 20 heavy (non-hydrogen) atoms. The largest absolute Gasteiger partial charge is 0.487 e. The van der Waals surface area contributed by atoms with Crippen LogP contribution in [0.15, 0.2) is 24.3 Å². The van der Waals surface area contributed by atoms with Gasteiger partial charge in [0.1, 0.15) is 11.4 Å². The van der Waals surface area contributed by atoms with Gasteiger partial charge in [0, 0.05) is 18.0 Å². The Morgan fingerprint density at radius 1 is 1.15 bits per heavy atom. The highest BCUT2D eigenvalue weighted by Crippen LogP contribution is 2.49. The van der Waals surface area contributed by atoms with Gasteiger partial charge in [-0.15, -0.1) is 0 Å². The Morgan fingerprint density at radius 3 is 2.45 bits per heavy atom. The summed E-state index contributed by atoms with van der Waals surface area (Å²) in [6, 6.07) is 7.40. The molecule has 1 fully saturated rings. The number of hydrogen-bond acceptors (Lipinski definition) is 2. The first-order chi connectivity index (χ1) is 9.40. The van der Waals surface area contributed by atoms with Crippen LogP contribution in [0, 0.1) is 5.92 Å². The van der Waals surface area contributed by atoms with Gasteiger partial charge in [-0.25, -0.2) is 0 Å². The molecule has 0 bridgehead atoms. The topological polar surface area (TPSA) is 35.2 Å². The molecule has 0 saturated heterocycles. The SMILES string of the molecule is N[C@H]1CC2(CCC(C(F)(F)F)CC2)Oc2ccccc21. The van der Waals surface area contributed by atoms with Crippen molar-refractivity contribution >= 4 is 0 Å². The van der Waals surface area contributed by atoms with Crippen LogP contribution in [0.4, 0.5) is 13.2 Å². The molecule has 5 heteroatoms. The lowest BCUT2D eigenvalue weighted by Gasteiger charge is -2.45. The van der Waals surface area contributed by atoms with Crippen molar-refractivity contribution in [2.45, 2.75) is 49.9 Å². The van der Waals surface area contributed by atoms with Crippen molar-refractivity contribution < 1.29 is 17.9 Å². The van der Waals surface area contributed by atoms with Crippen molar-refractivity contribution in [2.75, 3.05) is 0 Å². The van der Waals surface area contributed by atoms with Crippen LogP contribution in [0.5, 0.6) is 5.75 Å². The van der Waals surface area contributed by atoms with Crippen LogP contribution >= 0.6 is 0 Å². The molecule has 3 rings (SSSR count). The van der Waals surface area contributed by atoms with Crippen molar-refractivity contribution in [3.05, 3.63) is 29.8 Å². The Hall–Kier alpha value is -1.23. The van der Waals surface area contributed by atoms with Gasteiger partial charge in [0.05, 0.1) is 5.92 Å². The molecule has 0 aromatic heterocycles. The van der Waals surface area contributed by atoms with E-state index in [2.05, 4.69) is 0 Å². The molecule has 1 aliphatic carbocycles. The Morgan fingerprint density at radius 2 is 1.80 bits per heavy atom. The Labute approximate surface area is 116 Å². The lowest BCUT2D eigenvalue weighted by Crippen LogP contribution is -2.47. The molecule has 0 amide bonds. The van der Waals surface area contributed by atoms with Gasteiger partial charge in [-0.2, -0.15) is 13.2 Å². The Bertz CT molecular complexity index is 492. The van der Waals surface area contributed by atoms with Crippen LogP contribution < -0.4 is 10.5 Å². The van der Waals surface area contributed by atoms with Gasteiger partial charge in [0.2, 0.25) is 0 Å². The first-order valence-electron chi connectivity index (χ1n) is 7.00. The number of rotatable bonds is 0. The fraction of sp³-hybridized carbons (Fsp3) is 0.600. The summed E-state index contributed by atoms with van der Waals surface area (Å²) in [7, 11) is 0. The van der Waals surface area contributed by atoms with Gasteiger partial charge in [-0.3, -0.25) is 0 Å². The number of nitrogens with two attached hydrogens (primary N) is 1. The van der Waals surface area contributed by atoms with E-state index in [1.165, 1.54) is 0 Å². The summed E-state index contributed by atoms with van der Waals surface area (Å²) >= 11 is 0. The van der Waals surface area contributed by atoms with E-state index in [0.29, 0.717) is 19.3 Å². The van der Waals surface area contributed by atoms with E-state index in [1.807, 2.05) is 24.3 Å². The predicted octanol–water partition coefficient (Wildman–Crippen LogP) is 3.96. The summed E-state index contributed by atoms with van der Waals surface area (Å²) in [5.74, 6) is -0.457. The molecule has 1 aromatic rings. The zero-order valence-electron chi connectivity index (χ0n) is 11.1. The molecule has 1 spiro atoms. The quantitative estimate of drug-likeness (QED) is 0.783. The highest BCUT2D eigenvalue weighted by Gasteiger charge is 2.48. The van der Waals surface area contributed by atoms with Crippen molar-refractivity contribution in [2.24, 2.45) is 11.7 Å². The van der Waals surface area contributed by atoms with E-state index < -0.39 is 17.7 Å². The number of para-hydroxylation sites is 1. The number of alkyl halides is 3. The minimum absolute atomic E-state index is 0.137. The second-order valence-corrected chi connectivity index (χ2v) is 5.95.